The molecule has 2 fully saturated rings. The molecule has 2 aliphatic rings. The molecule has 1 aromatic rings. The quantitative estimate of drug-likeness (QED) is 0.831. The molecule has 0 N–H and O–H groups in total. The molecule has 0 bridgehead atoms. The van der Waals surface area contributed by atoms with Crippen LogP contribution in [0.3, 0.4) is 0 Å². The Morgan fingerprint density at radius 2 is 2.33 bits per heavy atom. The number of hydrogen-bond acceptors (Lipinski definition) is 5. The number of hydrogen-bond donors (Lipinski definition) is 0. The van der Waals surface area contributed by atoms with E-state index in [0.29, 0.717) is 19.0 Å². The Balaban J connectivity index is 1.82. The molecule has 3 rings (SSSR count). The van der Waals surface area contributed by atoms with Gasteiger partial charge in [-0.1, -0.05) is 6.07 Å². The van der Waals surface area contributed by atoms with Crippen molar-refractivity contribution in [3.8, 4) is 5.88 Å². The molecule has 116 valence electrons. The van der Waals surface area contributed by atoms with E-state index in [4.69, 9.17) is 9.47 Å². The lowest BCUT2D eigenvalue weighted by Crippen LogP contribution is -2.44. The number of ether oxygens (including phenoxy) is 2. The topological polar surface area (TPSA) is 68.7 Å². The summed E-state index contributed by atoms with van der Waals surface area (Å²) >= 11 is 0. The number of rotatable bonds is 4. The van der Waals surface area contributed by atoms with Crippen LogP contribution >= 0.6 is 0 Å². The van der Waals surface area contributed by atoms with Crippen LogP contribution in [0, 0.1) is 0 Å². The summed E-state index contributed by atoms with van der Waals surface area (Å²) in [6.45, 7) is 2.66. The van der Waals surface area contributed by atoms with Crippen molar-refractivity contribution < 1.29 is 17.9 Å². The zero-order chi connectivity index (χ0) is 14.9. The maximum Gasteiger partial charge on any atom is 0.214 e. The van der Waals surface area contributed by atoms with Crippen LogP contribution in [-0.2, 0) is 14.8 Å². The molecule has 3 atom stereocenters. The first-order valence-electron chi connectivity index (χ1n) is 7.30. The Kier molecular flexibility index (Phi) is 4.14. The van der Waals surface area contributed by atoms with Crippen LogP contribution in [0.15, 0.2) is 24.4 Å². The van der Waals surface area contributed by atoms with Crippen LogP contribution in [0.1, 0.15) is 19.8 Å². The van der Waals surface area contributed by atoms with E-state index in [1.165, 1.54) is 0 Å². The van der Waals surface area contributed by atoms with Gasteiger partial charge in [0.05, 0.1) is 18.3 Å². The van der Waals surface area contributed by atoms with Crippen molar-refractivity contribution in [1.29, 1.82) is 0 Å². The minimum Gasteiger partial charge on any atom is -0.470 e. The van der Waals surface area contributed by atoms with E-state index in [1.807, 2.05) is 12.1 Å². The monoisotopic (exact) mass is 312 g/mol. The fourth-order valence-electron chi connectivity index (χ4n) is 3.03. The molecule has 0 spiro atoms. The summed E-state index contributed by atoms with van der Waals surface area (Å²) < 4.78 is 37.7. The predicted molar refractivity (Wildman–Crippen MR) is 77.6 cm³/mol. The van der Waals surface area contributed by atoms with E-state index in [-0.39, 0.29) is 24.0 Å². The van der Waals surface area contributed by atoms with Crippen LogP contribution in [0.2, 0.25) is 0 Å². The van der Waals surface area contributed by atoms with E-state index in [2.05, 4.69) is 4.98 Å². The molecule has 1 aromatic heterocycles. The Morgan fingerprint density at radius 3 is 3.05 bits per heavy atom. The molecular weight excluding hydrogens is 292 g/mol. The van der Waals surface area contributed by atoms with E-state index in [0.717, 1.165) is 12.8 Å². The molecule has 0 radical (unpaired) electrons. The average Bonchev–Trinajstić information content (AvgIpc) is 2.88. The lowest BCUT2D eigenvalue weighted by molar-refractivity contribution is -0.0426. The number of aromatic nitrogens is 1. The molecule has 3 heterocycles. The Labute approximate surface area is 125 Å². The largest absolute Gasteiger partial charge is 0.470 e. The average molecular weight is 312 g/mol. The summed E-state index contributed by atoms with van der Waals surface area (Å²) in [5.74, 6) is 0.609. The SMILES string of the molecule is CCS(=O)(=O)N1C[C@H](Oc2ccccn2)[C@H]2OCCC[C@H]21. The summed E-state index contributed by atoms with van der Waals surface area (Å²) in [5.41, 5.74) is 0. The van der Waals surface area contributed by atoms with Gasteiger partial charge in [0, 0.05) is 18.9 Å². The third kappa shape index (κ3) is 2.90. The van der Waals surface area contributed by atoms with Crippen LogP contribution < -0.4 is 4.74 Å². The summed E-state index contributed by atoms with van der Waals surface area (Å²) in [4.78, 5) is 4.14. The van der Waals surface area contributed by atoms with Crippen molar-refractivity contribution in [3.05, 3.63) is 24.4 Å². The third-order valence-corrected chi connectivity index (χ3v) is 5.93. The maximum atomic E-state index is 12.3. The molecule has 7 heteroatoms. The second kappa shape index (κ2) is 5.90. The third-order valence-electron chi connectivity index (χ3n) is 4.06. The highest BCUT2D eigenvalue weighted by molar-refractivity contribution is 7.89. The van der Waals surface area contributed by atoms with E-state index in [1.54, 1.807) is 23.5 Å². The first-order valence-corrected chi connectivity index (χ1v) is 8.91. The second-order valence-electron chi connectivity index (χ2n) is 5.34. The van der Waals surface area contributed by atoms with Crippen LogP contribution in [0.4, 0.5) is 0 Å². The summed E-state index contributed by atoms with van der Waals surface area (Å²) in [7, 11) is -3.24. The van der Waals surface area contributed by atoms with Crippen LogP contribution in [-0.4, -0.2) is 54.9 Å². The van der Waals surface area contributed by atoms with Gasteiger partial charge in [-0.25, -0.2) is 13.4 Å². The number of pyridine rings is 1. The molecule has 0 unspecified atom stereocenters. The van der Waals surface area contributed by atoms with Gasteiger partial charge >= 0.3 is 0 Å². The zero-order valence-corrected chi connectivity index (χ0v) is 12.8. The second-order valence-corrected chi connectivity index (χ2v) is 7.55. The van der Waals surface area contributed by atoms with Crippen molar-refractivity contribution in [1.82, 2.24) is 9.29 Å². The minimum absolute atomic E-state index is 0.104. The normalized spacial score (nSPS) is 30.0. The van der Waals surface area contributed by atoms with E-state index < -0.39 is 10.0 Å². The summed E-state index contributed by atoms with van der Waals surface area (Å²) in [5, 5.41) is 0. The van der Waals surface area contributed by atoms with Crippen molar-refractivity contribution >= 4 is 10.0 Å². The molecule has 0 amide bonds. The maximum absolute atomic E-state index is 12.3. The van der Waals surface area contributed by atoms with Crippen LogP contribution in [0.5, 0.6) is 5.88 Å². The zero-order valence-electron chi connectivity index (χ0n) is 12.0. The first-order chi connectivity index (χ1) is 10.1. The highest BCUT2D eigenvalue weighted by atomic mass is 32.2. The lowest BCUT2D eigenvalue weighted by Gasteiger charge is -2.31. The highest BCUT2D eigenvalue weighted by Crippen LogP contribution is 2.33. The van der Waals surface area contributed by atoms with Gasteiger partial charge in [0.15, 0.2) is 0 Å². The van der Waals surface area contributed by atoms with Crippen LogP contribution in [0.25, 0.3) is 0 Å². The van der Waals surface area contributed by atoms with Gasteiger partial charge in [0.1, 0.15) is 12.2 Å². The fraction of sp³-hybridized carbons (Fsp3) is 0.643. The lowest BCUT2D eigenvalue weighted by atomic mass is 10.0. The number of sulfonamides is 1. The highest BCUT2D eigenvalue weighted by Gasteiger charge is 2.49. The number of fused-ring (bicyclic) bond motifs is 1. The standard InChI is InChI=1S/C14H20N2O4S/c1-2-21(17,18)16-10-12(14-11(16)6-5-9-19-14)20-13-7-3-4-8-15-13/h3-4,7-8,11-12,14H,2,5-6,9-10H2,1H3/t11-,12+,14+/m1/s1. The van der Waals surface area contributed by atoms with Gasteiger partial charge in [-0.05, 0) is 25.8 Å². The van der Waals surface area contributed by atoms with Crippen molar-refractivity contribution in [2.75, 3.05) is 18.9 Å². The van der Waals surface area contributed by atoms with E-state index in [9.17, 15) is 8.42 Å². The Bertz CT molecular complexity index is 578. The Hall–Kier alpha value is -1.18. The van der Waals surface area contributed by atoms with E-state index >= 15 is 0 Å². The first kappa shape index (κ1) is 14.7. The molecule has 2 aliphatic heterocycles. The van der Waals surface area contributed by atoms with Crippen molar-refractivity contribution in [2.24, 2.45) is 0 Å². The Morgan fingerprint density at radius 1 is 1.48 bits per heavy atom. The fourth-order valence-corrected chi connectivity index (χ4v) is 4.37. The number of nitrogens with zero attached hydrogens (tertiary/aromatic N) is 2. The molecule has 0 saturated carbocycles. The van der Waals surface area contributed by atoms with Gasteiger partial charge in [-0.15, -0.1) is 0 Å². The molecule has 6 nitrogen and oxygen atoms in total. The molecule has 0 aliphatic carbocycles. The van der Waals surface area contributed by atoms with Gasteiger partial charge < -0.3 is 9.47 Å². The van der Waals surface area contributed by atoms with Crippen molar-refractivity contribution in [2.45, 2.75) is 38.0 Å². The van der Waals surface area contributed by atoms with Gasteiger partial charge in [-0.3, -0.25) is 0 Å². The van der Waals surface area contributed by atoms with Gasteiger partial charge in [-0.2, -0.15) is 4.31 Å². The summed E-state index contributed by atoms with van der Waals surface area (Å²) in [6.07, 6.45) is 2.86. The molecule has 21 heavy (non-hydrogen) atoms. The van der Waals surface area contributed by atoms with Gasteiger partial charge in [0.2, 0.25) is 15.9 Å². The summed E-state index contributed by atoms with van der Waals surface area (Å²) in [6, 6.07) is 5.32. The molecule has 2 saturated heterocycles. The predicted octanol–water partition coefficient (Wildman–Crippen LogP) is 1.04. The van der Waals surface area contributed by atoms with Gasteiger partial charge in [0.25, 0.3) is 0 Å². The molecule has 0 aromatic carbocycles. The minimum atomic E-state index is -3.24. The van der Waals surface area contributed by atoms with Crippen molar-refractivity contribution in [3.63, 3.8) is 0 Å². The smallest absolute Gasteiger partial charge is 0.214 e. The molecular formula is C14H20N2O4S.